The van der Waals surface area contributed by atoms with Gasteiger partial charge in [-0.15, -0.1) is 0 Å². The third kappa shape index (κ3) is 6.00. The second-order valence-corrected chi connectivity index (χ2v) is 9.24. The highest BCUT2D eigenvalue weighted by Crippen LogP contribution is 2.41. The van der Waals surface area contributed by atoms with Gasteiger partial charge in [0.2, 0.25) is 0 Å². The van der Waals surface area contributed by atoms with Gasteiger partial charge in [-0.05, 0) is 39.3 Å². The number of carbonyl (C=O) groups excluding carboxylic acids is 3. The zero-order chi connectivity index (χ0) is 23.2. The van der Waals surface area contributed by atoms with Crippen molar-refractivity contribution in [1.29, 1.82) is 0 Å². The summed E-state index contributed by atoms with van der Waals surface area (Å²) in [6.45, 7) is 7.19. The van der Waals surface area contributed by atoms with E-state index in [0.717, 1.165) is 4.90 Å². The zero-order valence-corrected chi connectivity index (χ0v) is 19.5. The van der Waals surface area contributed by atoms with Gasteiger partial charge in [-0.2, -0.15) is 0 Å². The second kappa shape index (κ2) is 10.2. The molecule has 1 aliphatic rings. The number of hydrogen-bond donors (Lipinski definition) is 0. The molecule has 8 nitrogen and oxygen atoms in total. The summed E-state index contributed by atoms with van der Waals surface area (Å²) >= 11 is 1.17. The molecule has 1 aliphatic heterocycles. The van der Waals surface area contributed by atoms with Crippen molar-refractivity contribution in [2.75, 3.05) is 14.2 Å². The lowest BCUT2D eigenvalue weighted by Crippen LogP contribution is -2.52. The summed E-state index contributed by atoms with van der Waals surface area (Å²) in [7, 11) is 2.35. The predicted octanol–water partition coefficient (Wildman–Crippen LogP) is 3.38. The molecule has 0 saturated carbocycles. The maximum absolute atomic E-state index is 12.7. The maximum Gasteiger partial charge on any atom is 0.350 e. The van der Waals surface area contributed by atoms with E-state index in [0.29, 0.717) is 6.42 Å². The van der Waals surface area contributed by atoms with Gasteiger partial charge in [0.05, 0.1) is 14.2 Å². The molecule has 0 amide bonds. The van der Waals surface area contributed by atoms with Gasteiger partial charge in [-0.3, -0.25) is 4.79 Å². The van der Waals surface area contributed by atoms with Gasteiger partial charge in [0.25, 0.3) is 0 Å². The van der Waals surface area contributed by atoms with Crippen molar-refractivity contribution in [3.05, 3.63) is 30.3 Å². The molecule has 0 N–H and O–H groups in total. The topological polar surface area (TPSA) is 100 Å². The van der Waals surface area contributed by atoms with Gasteiger partial charge in [0.1, 0.15) is 5.60 Å². The van der Waals surface area contributed by atoms with Gasteiger partial charge < -0.3 is 18.9 Å². The Labute approximate surface area is 186 Å². The second-order valence-electron chi connectivity index (χ2n) is 8.11. The standard InChI is InChI=1S/C22H29NO7S/c1-14(12-13-16(24)30-21(2,3)4)17-23-22(18(25)27-5,19(26)28-6)20(29-17)31-15-10-8-7-9-11-15/h7-11,14,20H,12-13H2,1-6H3/t14-,20?/m1/s1. The summed E-state index contributed by atoms with van der Waals surface area (Å²) in [4.78, 5) is 42.7. The van der Waals surface area contributed by atoms with Crippen molar-refractivity contribution >= 4 is 35.6 Å². The van der Waals surface area contributed by atoms with Crippen LogP contribution in [0.2, 0.25) is 0 Å². The molecule has 1 unspecified atom stereocenters. The van der Waals surface area contributed by atoms with Crippen LogP contribution in [0.4, 0.5) is 0 Å². The monoisotopic (exact) mass is 451 g/mol. The van der Waals surface area contributed by atoms with E-state index in [9.17, 15) is 14.4 Å². The molecular formula is C22H29NO7S. The Morgan fingerprint density at radius 2 is 1.71 bits per heavy atom. The van der Waals surface area contributed by atoms with Gasteiger partial charge in [-0.25, -0.2) is 14.6 Å². The molecule has 2 rings (SSSR count). The highest BCUT2D eigenvalue weighted by Gasteiger charge is 2.61. The number of ether oxygens (including phenoxy) is 4. The Kier molecular flexibility index (Phi) is 8.11. The summed E-state index contributed by atoms with van der Waals surface area (Å²) in [5.41, 5.74) is -3.60. The van der Waals surface area contributed by atoms with Crippen LogP contribution in [-0.2, 0) is 33.3 Å². The summed E-state index contributed by atoms with van der Waals surface area (Å²) in [6, 6.07) is 9.18. The van der Waals surface area contributed by atoms with Gasteiger partial charge in [0, 0.05) is 17.2 Å². The van der Waals surface area contributed by atoms with E-state index in [4.69, 9.17) is 18.9 Å². The fourth-order valence-corrected chi connectivity index (χ4v) is 4.06. The number of nitrogens with zero attached hydrogens (tertiary/aromatic N) is 1. The molecule has 1 aromatic rings. The Morgan fingerprint density at radius 1 is 1.13 bits per heavy atom. The van der Waals surface area contributed by atoms with E-state index in [1.165, 1.54) is 26.0 Å². The van der Waals surface area contributed by atoms with Crippen LogP contribution in [0.1, 0.15) is 40.5 Å². The zero-order valence-electron chi connectivity index (χ0n) is 18.7. The Hall–Kier alpha value is -2.55. The minimum absolute atomic E-state index is 0.140. The van der Waals surface area contributed by atoms with Crippen molar-refractivity contribution in [1.82, 2.24) is 0 Å². The van der Waals surface area contributed by atoms with Crippen LogP contribution in [0.5, 0.6) is 0 Å². The van der Waals surface area contributed by atoms with Crippen molar-refractivity contribution in [2.45, 2.75) is 62.0 Å². The number of rotatable bonds is 8. The van der Waals surface area contributed by atoms with E-state index in [1.807, 2.05) is 30.3 Å². The van der Waals surface area contributed by atoms with Crippen molar-refractivity contribution in [3.63, 3.8) is 0 Å². The van der Waals surface area contributed by atoms with E-state index in [1.54, 1.807) is 27.7 Å². The number of methoxy groups -OCH3 is 2. The first-order chi connectivity index (χ1) is 14.5. The lowest BCUT2D eigenvalue weighted by atomic mass is 10.0. The van der Waals surface area contributed by atoms with Crippen LogP contribution in [0, 0.1) is 5.92 Å². The van der Waals surface area contributed by atoms with Crippen molar-refractivity contribution < 1.29 is 33.3 Å². The van der Waals surface area contributed by atoms with Gasteiger partial charge >= 0.3 is 23.4 Å². The lowest BCUT2D eigenvalue weighted by molar-refractivity contribution is -0.162. The fourth-order valence-electron chi connectivity index (χ4n) is 2.93. The largest absolute Gasteiger partial charge is 0.467 e. The number of benzene rings is 1. The summed E-state index contributed by atoms with van der Waals surface area (Å²) < 4.78 is 21.1. The van der Waals surface area contributed by atoms with E-state index in [2.05, 4.69) is 4.99 Å². The Balaban J connectivity index is 2.28. The van der Waals surface area contributed by atoms with Crippen molar-refractivity contribution in [2.24, 2.45) is 10.9 Å². The van der Waals surface area contributed by atoms with Gasteiger partial charge in [0.15, 0.2) is 11.3 Å². The normalized spacial score (nSPS) is 18.4. The molecule has 1 aromatic carbocycles. The minimum Gasteiger partial charge on any atom is -0.467 e. The number of aliphatic imine (C=N–C) groups is 1. The number of esters is 3. The molecule has 9 heteroatoms. The Bertz CT molecular complexity index is 816. The van der Waals surface area contributed by atoms with Crippen LogP contribution in [-0.4, -0.2) is 54.6 Å². The molecule has 0 bridgehead atoms. The molecule has 0 saturated heterocycles. The average molecular weight is 452 g/mol. The fraction of sp³-hybridized carbons (Fsp3) is 0.545. The van der Waals surface area contributed by atoms with E-state index in [-0.39, 0.29) is 24.2 Å². The summed E-state index contributed by atoms with van der Waals surface area (Å²) in [5.74, 6) is -2.25. The summed E-state index contributed by atoms with van der Waals surface area (Å²) in [6.07, 6.45) is 0.510. The molecule has 0 aromatic heterocycles. The van der Waals surface area contributed by atoms with Crippen LogP contribution in [0.25, 0.3) is 0 Å². The first kappa shape index (κ1) is 24.7. The molecule has 2 atom stereocenters. The predicted molar refractivity (Wildman–Crippen MR) is 116 cm³/mol. The molecular weight excluding hydrogens is 422 g/mol. The molecule has 1 heterocycles. The van der Waals surface area contributed by atoms with E-state index >= 15 is 0 Å². The molecule has 0 fully saturated rings. The molecule has 31 heavy (non-hydrogen) atoms. The quantitative estimate of drug-likeness (QED) is 0.337. The third-order valence-corrected chi connectivity index (χ3v) is 5.65. The number of hydrogen-bond acceptors (Lipinski definition) is 9. The molecule has 0 spiro atoms. The van der Waals surface area contributed by atoms with Crippen LogP contribution in [0.3, 0.4) is 0 Å². The highest BCUT2D eigenvalue weighted by molar-refractivity contribution is 8.00. The van der Waals surface area contributed by atoms with E-state index < -0.39 is 28.5 Å². The maximum atomic E-state index is 12.7. The average Bonchev–Trinajstić information content (AvgIpc) is 3.10. The van der Waals surface area contributed by atoms with Gasteiger partial charge in [-0.1, -0.05) is 36.9 Å². The SMILES string of the molecule is COC(=O)C1(C(=O)OC)N=C([C@H](C)CCC(=O)OC(C)(C)C)OC1Sc1ccccc1. The van der Waals surface area contributed by atoms with Crippen LogP contribution < -0.4 is 0 Å². The smallest absolute Gasteiger partial charge is 0.350 e. The third-order valence-electron chi connectivity index (χ3n) is 4.46. The molecule has 170 valence electrons. The minimum atomic E-state index is -2.00. The number of thioether (sulfide) groups is 1. The molecule has 0 radical (unpaired) electrons. The lowest BCUT2D eigenvalue weighted by Gasteiger charge is -2.25. The number of carbonyl (C=O) groups is 3. The molecule has 0 aliphatic carbocycles. The van der Waals surface area contributed by atoms with Crippen LogP contribution in [0.15, 0.2) is 40.2 Å². The first-order valence-electron chi connectivity index (χ1n) is 9.90. The van der Waals surface area contributed by atoms with Crippen molar-refractivity contribution in [3.8, 4) is 0 Å². The summed E-state index contributed by atoms with van der Waals surface area (Å²) in [5, 5.41) is 0. The van der Waals surface area contributed by atoms with Crippen LogP contribution >= 0.6 is 11.8 Å². The highest BCUT2D eigenvalue weighted by atomic mass is 32.2. The first-order valence-corrected chi connectivity index (χ1v) is 10.8. The Morgan fingerprint density at radius 3 is 2.23 bits per heavy atom.